The molecule has 0 aromatic rings. The van der Waals surface area contributed by atoms with Crippen LogP contribution in [0.4, 0.5) is 0 Å². The van der Waals surface area contributed by atoms with E-state index in [1.165, 1.54) is 12.8 Å². The fraction of sp³-hybridized carbons (Fsp3) is 1.00. The second-order valence-electron chi connectivity index (χ2n) is 4.95. The standard InChI is InChI=1S/C13H28N2O/c1-5-11(3)9-12(14-4)13-10-15(6-2)7-8-16-13/h11-14H,5-10H2,1-4H3. The van der Waals surface area contributed by atoms with Gasteiger partial charge in [-0.1, -0.05) is 27.2 Å². The fourth-order valence-electron chi connectivity index (χ4n) is 2.32. The summed E-state index contributed by atoms with van der Waals surface area (Å²) in [6, 6.07) is 0.504. The van der Waals surface area contributed by atoms with Gasteiger partial charge in [0, 0.05) is 19.1 Å². The van der Waals surface area contributed by atoms with E-state index < -0.39 is 0 Å². The van der Waals surface area contributed by atoms with Gasteiger partial charge in [0.2, 0.25) is 0 Å². The predicted octanol–water partition coefficient (Wildman–Crippen LogP) is 1.73. The first kappa shape index (κ1) is 13.9. The second-order valence-corrected chi connectivity index (χ2v) is 4.95. The molecule has 96 valence electrons. The highest BCUT2D eigenvalue weighted by Crippen LogP contribution is 2.17. The molecule has 0 aliphatic carbocycles. The zero-order chi connectivity index (χ0) is 12.0. The van der Waals surface area contributed by atoms with Crippen molar-refractivity contribution in [2.75, 3.05) is 33.3 Å². The minimum atomic E-state index is 0.368. The van der Waals surface area contributed by atoms with E-state index in [1.54, 1.807) is 0 Å². The lowest BCUT2D eigenvalue weighted by Gasteiger charge is -2.37. The average molecular weight is 228 g/mol. The van der Waals surface area contributed by atoms with Gasteiger partial charge in [-0.3, -0.25) is 4.90 Å². The first-order valence-corrected chi connectivity index (χ1v) is 6.72. The van der Waals surface area contributed by atoms with Crippen LogP contribution < -0.4 is 5.32 Å². The molecule has 1 N–H and O–H groups in total. The van der Waals surface area contributed by atoms with Crippen LogP contribution in [-0.2, 0) is 4.74 Å². The summed E-state index contributed by atoms with van der Waals surface area (Å²) in [4.78, 5) is 2.48. The number of morpholine rings is 1. The van der Waals surface area contributed by atoms with Gasteiger partial charge in [-0.25, -0.2) is 0 Å². The summed E-state index contributed by atoms with van der Waals surface area (Å²) in [7, 11) is 2.06. The summed E-state index contributed by atoms with van der Waals surface area (Å²) in [6.45, 7) is 11.0. The number of ether oxygens (including phenoxy) is 1. The summed E-state index contributed by atoms with van der Waals surface area (Å²) in [5.41, 5.74) is 0. The highest BCUT2D eigenvalue weighted by atomic mass is 16.5. The largest absolute Gasteiger partial charge is 0.374 e. The van der Waals surface area contributed by atoms with Crippen molar-refractivity contribution < 1.29 is 4.74 Å². The van der Waals surface area contributed by atoms with Crippen LogP contribution in [0.2, 0.25) is 0 Å². The predicted molar refractivity (Wildman–Crippen MR) is 68.8 cm³/mol. The van der Waals surface area contributed by atoms with E-state index in [-0.39, 0.29) is 0 Å². The van der Waals surface area contributed by atoms with Gasteiger partial charge < -0.3 is 10.1 Å². The van der Waals surface area contributed by atoms with Gasteiger partial charge in [-0.15, -0.1) is 0 Å². The van der Waals surface area contributed by atoms with Crippen LogP contribution in [0.3, 0.4) is 0 Å². The van der Waals surface area contributed by atoms with E-state index in [0.29, 0.717) is 12.1 Å². The molecule has 1 aliphatic heterocycles. The Bertz CT molecular complexity index is 185. The smallest absolute Gasteiger partial charge is 0.0855 e. The van der Waals surface area contributed by atoms with Crippen molar-refractivity contribution >= 4 is 0 Å². The van der Waals surface area contributed by atoms with E-state index in [4.69, 9.17) is 4.74 Å². The van der Waals surface area contributed by atoms with E-state index in [1.807, 2.05) is 0 Å². The quantitative estimate of drug-likeness (QED) is 0.749. The molecule has 3 unspecified atom stereocenters. The van der Waals surface area contributed by atoms with Crippen LogP contribution in [0.5, 0.6) is 0 Å². The monoisotopic (exact) mass is 228 g/mol. The molecular formula is C13H28N2O. The lowest BCUT2D eigenvalue weighted by atomic mass is 9.95. The Morgan fingerprint density at radius 3 is 2.75 bits per heavy atom. The van der Waals surface area contributed by atoms with Crippen LogP contribution in [-0.4, -0.2) is 50.3 Å². The molecule has 0 amide bonds. The number of nitrogens with zero attached hydrogens (tertiary/aromatic N) is 1. The third-order valence-corrected chi connectivity index (χ3v) is 3.80. The summed E-state index contributed by atoms with van der Waals surface area (Å²) >= 11 is 0. The molecule has 3 nitrogen and oxygen atoms in total. The Hall–Kier alpha value is -0.120. The molecule has 3 atom stereocenters. The Labute approximate surface area is 101 Å². The molecule has 0 saturated carbocycles. The van der Waals surface area contributed by atoms with E-state index in [2.05, 4.69) is 38.0 Å². The van der Waals surface area contributed by atoms with Gasteiger partial charge in [0.15, 0.2) is 0 Å². The highest BCUT2D eigenvalue weighted by molar-refractivity contribution is 4.83. The van der Waals surface area contributed by atoms with Crippen molar-refractivity contribution in [2.24, 2.45) is 5.92 Å². The molecule has 1 fully saturated rings. The lowest BCUT2D eigenvalue weighted by Crippen LogP contribution is -2.51. The van der Waals surface area contributed by atoms with E-state index in [9.17, 15) is 0 Å². The van der Waals surface area contributed by atoms with Crippen LogP contribution >= 0.6 is 0 Å². The normalized spacial score (nSPS) is 26.6. The molecule has 0 spiro atoms. The summed E-state index contributed by atoms with van der Waals surface area (Å²) < 4.78 is 5.90. The van der Waals surface area contributed by atoms with Gasteiger partial charge in [-0.2, -0.15) is 0 Å². The zero-order valence-corrected chi connectivity index (χ0v) is 11.3. The number of nitrogens with one attached hydrogen (secondary N) is 1. The molecule has 3 heteroatoms. The first-order valence-electron chi connectivity index (χ1n) is 6.72. The van der Waals surface area contributed by atoms with Crippen LogP contribution in [0.15, 0.2) is 0 Å². The van der Waals surface area contributed by atoms with Gasteiger partial charge in [0.1, 0.15) is 0 Å². The SMILES string of the molecule is CCC(C)CC(NC)C1CN(CC)CCO1. The highest BCUT2D eigenvalue weighted by Gasteiger charge is 2.27. The molecule has 1 saturated heterocycles. The van der Waals surface area contributed by atoms with E-state index >= 15 is 0 Å². The third-order valence-electron chi connectivity index (χ3n) is 3.80. The topological polar surface area (TPSA) is 24.5 Å². The molecule has 0 aromatic heterocycles. The van der Waals surface area contributed by atoms with Crippen molar-refractivity contribution in [3.63, 3.8) is 0 Å². The summed E-state index contributed by atoms with van der Waals surface area (Å²) in [5, 5.41) is 3.43. The van der Waals surface area contributed by atoms with Gasteiger partial charge >= 0.3 is 0 Å². The molecule has 1 rings (SSSR count). The number of rotatable bonds is 6. The molecule has 1 aliphatic rings. The van der Waals surface area contributed by atoms with Crippen molar-refractivity contribution in [2.45, 2.75) is 45.8 Å². The average Bonchev–Trinajstić information content (AvgIpc) is 2.35. The van der Waals surface area contributed by atoms with E-state index in [0.717, 1.165) is 32.2 Å². The third kappa shape index (κ3) is 4.04. The number of likely N-dealkylation sites (N-methyl/N-ethyl adjacent to an activating group) is 2. The Balaban J connectivity index is 2.44. The molecule has 1 heterocycles. The minimum absolute atomic E-state index is 0.368. The lowest BCUT2D eigenvalue weighted by molar-refractivity contribution is -0.0471. The molecular weight excluding hydrogens is 200 g/mol. The zero-order valence-electron chi connectivity index (χ0n) is 11.3. The minimum Gasteiger partial charge on any atom is -0.374 e. The molecule has 0 bridgehead atoms. The maximum atomic E-state index is 5.90. The summed E-state index contributed by atoms with van der Waals surface area (Å²) in [6.07, 6.45) is 2.84. The van der Waals surface area contributed by atoms with Gasteiger partial charge in [0.05, 0.1) is 12.7 Å². The molecule has 0 radical (unpaired) electrons. The van der Waals surface area contributed by atoms with Crippen molar-refractivity contribution in [1.82, 2.24) is 10.2 Å². The second kappa shape index (κ2) is 7.25. The van der Waals surface area contributed by atoms with Gasteiger partial charge in [0.25, 0.3) is 0 Å². The number of hydrogen-bond donors (Lipinski definition) is 1. The molecule has 16 heavy (non-hydrogen) atoms. The summed E-state index contributed by atoms with van der Waals surface area (Å²) in [5.74, 6) is 0.776. The Morgan fingerprint density at radius 1 is 1.44 bits per heavy atom. The van der Waals surface area contributed by atoms with Crippen LogP contribution in [0.1, 0.15) is 33.6 Å². The fourth-order valence-corrected chi connectivity index (χ4v) is 2.32. The Morgan fingerprint density at radius 2 is 2.19 bits per heavy atom. The van der Waals surface area contributed by atoms with Crippen LogP contribution in [0, 0.1) is 5.92 Å². The first-order chi connectivity index (χ1) is 7.71. The number of hydrogen-bond acceptors (Lipinski definition) is 3. The van der Waals surface area contributed by atoms with Crippen molar-refractivity contribution in [3.8, 4) is 0 Å². The maximum Gasteiger partial charge on any atom is 0.0855 e. The Kier molecular flexibility index (Phi) is 6.32. The maximum absolute atomic E-state index is 5.90. The van der Waals surface area contributed by atoms with Crippen molar-refractivity contribution in [1.29, 1.82) is 0 Å². The van der Waals surface area contributed by atoms with Crippen molar-refractivity contribution in [3.05, 3.63) is 0 Å². The molecule has 0 aromatic carbocycles. The van der Waals surface area contributed by atoms with Gasteiger partial charge in [-0.05, 0) is 25.9 Å². The van der Waals surface area contributed by atoms with Crippen LogP contribution in [0.25, 0.3) is 0 Å².